The van der Waals surface area contributed by atoms with Gasteiger partial charge in [-0.2, -0.15) is 0 Å². The number of piperidine rings is 1. The van der Waals surface area contributed by atoms with Crippen LogP contribution in [0.25, 0.3) is 10.9 Å². The number of amides is 1. The fraction of sp³-hybridized carbons (Fsp3) is 0.318. The lowest BCUT2D eigenvalue weighted by atomic mass is 9.93. The van der Waals surface area contributed by atoms with Crippen molar-refractivity contribution in [3.63, 3.8) is 0 Å². The number of H-pyrrole nitrogens is 1. The number of fused-ring (bicyclic) bond motifs is 1. The normalized spacial score (nSPS) is 15.2. The van der Waals surface area contributed by atoms with Crippen molar-refractivity contribution in [2.75, 3.05) is 19.7 Å². The zero-order chi connectivity index (χ0) is 18.6. The minimum Gasteiger partial charge on any atom is -0.493 e. The summed E-state index contributed by atoms with van der Waals surface area (Å²) in [5.41, 5.74) is 2.10. The van der Waals surface area contributed by atoms with Gasteiger partial charge in [0.05, 0.1) is 13.0 Å². The van der Waals surface area contributed by atoms with Gasteiger partial charge in [0, 0.05) is 35.6 Å². The van der Waals surface area contributed by atoms with Crippen molar-refractivity contribution in [3.8, 4) is 5.75 Å². The highest BCUT2D eigenvalue weighted by molar-refractivity contribution is 5.80. The summed E-state index contributed by atoms with van der Waals surface area (Å²) in [7, 11) is 0. The van der Waals surface area contributed by atoms with Crippen LogP contribution in [0.2, 0.25) is 0 Å². The van der Waals surface area contributed by atoms with Gasteiger partial charge in [-0.05, 0) is 49.2 Å². The second kappa shape index (κ2) is 7.82. The molecule has 0 saturated carbocycles. The highest BCUT2D eigenvalue weighted by atomic mass is 19.1. The van der Waals surface area contributed by atoms with Crippen LogP contribution in [0.1, 0.15) is 30.9 Å². The third-order valence-electron chi connectivity index (χ3n) is 5.22. The van der Waals surface area contributed by atoms with Gasteiger partial charge in [-0.15, -0.1) is 0 Å². The number of aromatic nitrogens is 1. The number of halogens is 1. The van der Waals surface area contributed by atoms with Crippen molar-refractivity contribution in [1.82, 2.24) is 9.88 Å². The van der Waals surface area contributed by atoms with E-state index in [9.17, 15) is 9.18 Å². The molecule has 0 atom stereocenters. The number of hydrogen-bond acceptors (Lipinski definition) is 2. The molecule has 0 radical (unpaired) electrons. The molecular formula is C22H23FN2O2. The first-order valence-corrected chi connectivity index (χ1v) is 9.43. The van der Waals surface area contributed by atoms with Gasteiger partial charge in [0.1, 0.15) is 11.6 Å². The van der Waals surface area contributed by atoms with Gasteiger partial charge in [-0.25, -0.2) is 4.39 Å². The van der Waals surface area contributed by atoms with Gasteiger partial charge in [-0.3, -0.25) is 4.79 Å². The van der Waals surface area contributed by atoms with Gasteiger partial charge in [0.15, 0.2) is 0 Å². The van der Waals surface area contributed by atoms with Crippen LogP contribution >= 0.6 is 0 Å². The summed E-state index contributed by atoms with van der Waals surface area (Å²) < 4.78 is 19.0. The summed E-state index contributed by atoms with van der Waals surface area (Å²) >= 11 is 0. The molecule has 1 fully saturated rings. The van der Waals surface area contributed by atoms with E-state index in [1.807, 2.05) is 41.3 Å². The molecule has 0 bridgehead atoms. The minimum atomic E-state index is -0.216. The largest absolute Gasteiger partial charge is 0.493 e. The summed E-state index contributed by atoms with van der Waals surface area (Å²) in [6, 6.07) is 16.4. The maximum Gasteiger partial charge on any atom is 0.225 e. The lowest BCUT2D eigenvalue weighted by Crippen LogP contribution is -2.38. The predicted molar refractivity (Wildman–Crippen MR) is 103 cm³/mol. The number of carbonyl (C=O) groups is 1. The lowest BCUT2D eigenvalue weighted by Gasteiger charge is -2.31. The summed E-state index contributed by atoms with van der Waals surface area (Å²) in [5, 5.41) is 0.904. The quantitative estimate of drug-likeness (QED) is 0.723. The minimum absolute atomic E-state index is 0.142. The van der Waals surface area contributed by atoms with Crippen molar-refractivity contribution in [1.29, 1.82) is 0 Å². The van der Waals surface area contributed by atoms with E-state index >= 15 is 0 Å². The number of nitrogens with one attached hydrogen (secondary N) is 1. The fourth-order valence-corrected chi connectivity index (χ4v) is 3.72. The fourth-order valence-electron chi connectivity index (χ4n) is 3.72. The Morgan fingerprint density at radius 2 is 1.89 bits per heavy atom. The molecule has 1 aliphatic rings. The molecule has 4 rings (SSSR count). The molecule has 1 amide bonds. The molecule has 1 saturated heterocycles. The molecule has 0 unspecified atom stereocenters. The number of ether oxygens (including phenoxy) is 1. The Hall–Kier alpha value is -2.82. The van der Waals surface area contributed by atoms with Gasteiger partial charge in [-0.1, -0.05) is 18.2 Å². The van der Waals surface area contributed by atoms with Crippen molar-refractivity contribution in [3.05, 3.63) is 66.1 Å². The molecule has 140 valence electrons. The third-order valence-corrected chi connectivity index (χ3v) is 5.22. The molecule has 1 N–H and O–H groups in total. The molecule has 4 nitrogen and oxygen atoms in total. The first-order valence-electron chi connectivity index (χ1n) is 9.43. The van der Waals surface area contributed by atoms with Crippen LogP contribution in [0.5, 0.6) is 5.75 Å². The van der Waals surface area contributed by atoms with Crippen LogP contribution < -0.4 is 4.74 Å². The Morgan fingerprint density at radius 3 is 2.67 bits per heavy atom. The van der Waals surface area contributed by atoms with Crippen molar-refractivity contribution in [2.45, 2.75) is 25.2 Å². The Kier molecular flexibility index (Phi) is 5.10. The van der Waals surface area contributed by atoms with E-state index in [1.165, 1.54) is 6.07 Å². The molecule has 0 spiro atoms. The van der Waals surface area contributed by atoms with Crippen LogP contribution in [0.3, 0.4) is 0 Å². The van der Waals surface area contributed by atoms with Crippen molar-refractivity contribution >= 4 is 16.8 Å². The molecule has 27 heavy (non-hydrogen) atoms. The van der Waals surface area contributed by atoms with Crippen LogP contribution in [0.15, 0.2) is 54.6 Å². The Bertz CT molecular complexity index is 914. The molecule has 2 aromatic carbocycles. The number of rotatable bonds is 5. The van der Waals surface area contributed by atoms with Crippen molar-refractivity contribution < 1.29 is 13.9 Å². The summed E-state index contributed by atoms with van der Waals surface area (Å²) in [5.74, 6) is 1.10. The van der Waals surface area contributed by atoms with Gasteiger partial charge in [0.25, 0.3) is 0 Å². The van der Waals surface area contributed by atoms with E-state index in [1.54, 1.807) is 12.1 Å². The standard InChI is InChI=1S/C22H23FN2O2/c23-18-6-7-20-17(14-18)15-21(24-20)16-8-11-25(12-9-16)22(26)10-13-27-19-4-2-1-3-5-19/h1-7,14-16,24H,8-13H2. The summed E-state index contributed by atoms with van der Waals surface area (Å²) in [4.78, 5) is 17.7. The maximum absolute atomic E-state index is 13.4. The highest BCUT2D eigenvalue weighted by Crippen LogP contribution is 2.30. The van der Waals surface area contributed by atoms with Crippen LogP contribution in [-0.4, -0.2) is 35.5 Å². The van der Waals surface area contributed by atoms with Crippen LogP contribution in [-0.2, 0) is 4.79 Å². The SMILES string of the molecule is O=C(CCOc1ccccc1)N1CCC(c2cc3cc(F)ccc3[nH]2)CC1. The molecule has 0 aliphatic carbocycles. The molecule has 1 aromatic heterocycles. The average molecular weight is 366 g/mol. The molecule has 1 aliphatic heterocycles. The number of carbonyl (C=O) groups excluding carboxylic acids is 1. The average Bonchev–Trinajstić information content (AvgIpc) is 3.12. The number of aromatic amines is 1. The lowest BCUT2D eigenvalue weighted by molar-refractivity contribution is -0.132. The monoisotopic (exact) mass is 366 g/mol. The molecule has 5 heteroatoms. The number of hydrogen-bond donors (Lipinski definition) is 1. The van der Waals surface area contributed by atoms with E-state index in [4.69, 9.17) is 4.74 Å². The second-order valence-electron chi connectivity index (χ2n) is 7.02. The van der Waals surface area contributed by atoms with E-state index in [0.29, 0.717) is 18.9 Å². The third kappa shape index (κ3) is 4.13. The Labute approximate surface area is 157 Å². The first-order chi connectivity index (χ1) is 13.2. The first kappa shape index (κ1) is 17.6. The zero-order valence-corrected chi connectivity index (χ0v) is 15.2. The predicted octanol–water partition coefficient (Wildman–Crippen LogP) is 4.48. The van der Waals surface area contributed by atoms with Gasteiger partial charge >= 0.3 is 0 Å². The van der Waals surface area contributed by atoms with E-state index < -0.39 is 0 Å². The Morgan fingerprint density at radius 1 is 1.11 bits per heavy atom. The van der Waals surface area contributed by atoms with Crippen LogP contribution in [0.4, 0.5) is 4.39 Å². The van der Waals surface area contributed by atoms with Gasteiger partial charge in [0.2, 0.25) is 5.91 Å². The van der Waals surface area contributed by atoms with Crippen LogP contribution in [0, 0.1) is 5.82 Å². The maximum atomic E-state index is 13.4. The van der Waals surface area contributed by atoms with E-state index in [2.05, 4.69) is 4.98 Å². The number of likely N-dealkylation sites (tertiary alicyclic amines) is 1. The summed E-state index contributed by atoms with van der Waals surface area (Å²) in [6.07, 6.45) is 2.23. The van der Waals surface area contributed by atoms with E-state index in [-0.39, 0.29) is 11.7 Å². The van der Waals surface area contributed by atoms with E-state index in [0.717, 1.165) is 48.3 Å². The second-order valence-corrected chi connectivity index (χ2v) is 7.02. The topological polar surface area (TPSA) is 45.3 Å². The molecular weight excluding hydrogens is 343 g/mol. The number of para-hydroxylation sites is 1. The van der Waals surface area contributed by atoms with Crippen molar-refractivity contribution in [2.24, 2.45) is 0 Å². The zero-order valence-electron chi connectivity index (χ0n) is 15.2. The van der Waals surface area contributed by atoms with Gasteiger partial charge < -0.3 is 14.6 Å². The molecule has 2 heterocycles. The number of nitrogens with zero attached hydrogens (tertiary/aromatic N) is 1. The molecule has 3 aromatic rings. The summed E-state index contributed by atoms with van der Waals surface area (Å²) in [6.45, 7) is 1.90. The number of benzene rings is 2. The Balaban J connectivity index is 1.28. The highest BCUT2D eigenvalue weighted by Gasteiger charge is 2.24. The smallest absolute Gasteiger partial charge is 0.225 e.